The van der Waals surface area contributed by atoms with Gasteiger partial charge in [-0.25, -0.2) is 0 Å². The topological polar surface area (TPSA) is 145 Å². The monoisotopic (exact) mass is 434 g/mol. The summed E-state index contributed by atoms with van der Waals surface area (Å²) in [5.41, 5.74) is -0.396. The molecule has 0 saturated heterocycles. The lowest BCUT2D eigenvalue weighted by Crippen LogP contribution is -2.31. The first-order valence-corrected chi connectivity index (χ1v) is 10.3. The van der Waals surface area contributed by atoms with Gasteiger partial charge in [0.25, 0.3) is 0 Å². The first-order chi connectivity index (χ1) is 14.6. The summed E-state index contributed by atoms with van der Waals surface area (Å²) in [5, 5.41) is 52.8. The molecule has 8 heteroatoms. The van der Waals surface area contributed by atoms with Gasteiger partial charge in [-0.3, -0.25) is 9.59 Å². The Kier molecular flexibility index (Phi) is 7.73. The summed E-state index contributed by atoms with van der Waals surface area (Å²) >= 11 is 0. The van der Waals surface area contributed by atoms with Crippen molar-refractivity contribution in [3.8, 4) is 17.2 Å². The number of ether oxygens (including phenoxy) is 1. The highest BCUT2D eigenvalue weighted by Crippen LogP contribution is 2.43. The number of phenols is 2. The van der Waals surface area contributed by atoms with Gasteiger partial charge in [-0.15, -0.1) is 0 Å². The summed E-state index contributed by atoms with van der Waals surface area (Å²) in [7, 11) is 1.31. The number of Topliss-reactive ketones (excluding diaryl/α,β-unsaturated/α-hetero) is 2. The second-order valence-electron chi connectivity index (χ2n) is 7.66. The van der Waals surface area contributed by atoms with Crippen LogP contribution in [0.5, 0.6) is 17.2 Å². The summed E-state index contributed by atoms with van der Waals surface area (Å²) in [5.74, 6) is -3.48. The molecule has 1 aromatic rings. The lowest BCUT2D eigenvalue weighted by Gasteiger charge is -2.29. The van der Waals surface area contributed by atoms with Gasteiger partial charge in [0, 0.05) is 36.5 Å². The van der Waals surface area contributed by atoms with Crippen molar-refractivity contribution in [3.63, 3.8) is 0 Å². The van der Waals surface area contributed by atoms with Crippen LogP contribution in [0.4, 0.5) is 0 Å². The van der Waals surface area contributed by atoms with Crippen molar-refractivity contribution in [2.45, 2.75) is 59.0 Å². The average Bonchev–Trinajstić information content (AvgIpc) is 2.71. The van der Waals surface area contributed by atoms with Gasteiger partial charge in [0.2, 0.25) is 0 Å². The maximum absolute atomic E-state index is 12.5. The summed E-state index contributed by atoms with van der Waals surface area (Å²) in [6, 6.07) is 1.19. The van der Waals surface area contributed by atoms with Gasteiger partial charge in [-0.05, 0) is 19.8 Å². The number of benzene rings is 1. The fourth-order valence-corrected chi connectivity index (χ4v) is 3.78. The summed E-state index contributed by atoms with van der Waals surface area (Å²) in [4.78, 5) is 24.9. The van der Waals surface area contributed by atoms with E-state index in [2.05, 4.69) is 0 Å². The Morgan fingerprint density at radius 1 is 1.00 bits per heavy atom. The lowest BCUT2D eigenvalue weighted by atomic mass is 9.80. The molecular formula is C23H30O8. The predicted octanol–water partition coefficient (Wildman–Crippen LogP) is 3.64. The highest BCUT2D eigenvalue weighted by atomic mass is 16.5. The number of hydrogen-bond donors (Lipinski definition) is 5. The zero-order valence-corrected chi connectivity index (χ0v) is 18.2. The summed E-state index contributed by atoms with van der Waals surface area (Å²) in [6.07, 6.45) is -0.628. The minimum Gasteiger partial charge on any atom is -0.511 e. The second-order valence-corrected chi connectivity index (χ2v) is 7.66. The molecule has 31 heavy (non-hydrogen) atoms. The molecule has 0 heterocycles. The van der Waals surface area contributed by atoms with Crippen molar-refractivity contribution < 1.29 is 39.9 Å². The van der Waals surface area contributed by atoms with E-state index in [9.17, 15) is 35.1 Å². The van der Waals surface area contributed by atoms with E-state index in [-0.39, 0.29) is 53.0 Å². The third kappa shape index (κ3) is 4.54. The molecule has 0 fully saturated rings. The van der Waals surface area contributed by atoms with E-state index in [0.29, 0.717) is 12.8 Å². The Balaban J connectivity index is 2.60. The minimum absolute atomic E-state index is 0.00191. The van der Waals surface area contributed by atoms with Crippen molar-refractivity contribution in [3.05, 3.63) is 39.9 Å². The van der Waals surface area contributed by atoms with Crippen LogP contribution in [0.3, 0.4) is 0 Å². The number of aromatic hydroxyl groups is 2. The summed E-state index contributed by atoms with van der Waals surface area (Å²) < 4.78 is 5.23. The molecule has 0 bridgehead atoms. The van der Waals surface area contributed by atoms with Crippen LogP contribution in [0.15, 0.2) is 28.7 Å². The molecule has 170 valence electrons. The highest BCUT2D eigenvalue weighted by Gasteiger charge is 2.37. The Labute approximate surface area is 181 Å². The zero-order valence-electron chi connectivity index (χ0n) is 18.2. The quantitative estimate of drug-likeness (QED) is 0.371. The molecule has 1 aromatic carbocycles. The first-order valence-electron chi connectivity index (χ1n) is 10.3. The number of methoxy groups -OCH3 is 1. The maximum Gasteiger partial charge on any atom is 0.170 e. The van der Waals surface area contributed by atoms with E-state index in [0.717, 1.165) is 0 Å². The molecule has 1 aliphatic rings. The number of carbonyl (C=O) groups is 2. The van der Waals surface area contributed by atoms with Gasteiger partial charge in [-0.1, -0.05) is 13.8 Å². The van der Waals surface area contributed by atoms with E-state index >= 15 is 0 Å². The number of ketones is 2. The van der Waals surface area contributed by atoms with Crippen molar-refractivity contribution in [1.82, 2.24) is 0 Å². The van der Waals surface area contributed by atoms with Crippen LogP contribution < -0.4 is 4.74 Å². The Bertz CT molecular complexity index is 941. The molecule has 0 saturated carbocycles. The van der Waals surface area contributed by atoms with Gasteiger partial charge in [0.05, 0.1) is 18.6 Å². The fourth-order valence-electron chi connectivity index (χ4n) is 3.78. The van der Waals surface area contributed by atoms with E-state index in [1.807, 2.05) is 0 Å². The number of hydrogen-bond acceptors (Lipinski definition) is 8. The third-order valence-corrected chi connectivity index (χ3v) is 5.49. The van der Waals surface area contributed by atoms with Crippen LogP contribution in [0.1, 0.15) is 62.4 Å². The third-order valence-electron chi connectivity index (χ3n) is 5.49. The van der Waals surface area contributed by atoms with E-state index in [1.165, 1.54) is 20.1 Å². The van der Waals surface area contributed by atoms with E-state index < -0.39 is 40.8 Å². The van der Waals surface area contributed by atoms with Crippen molar-refractivity contribution in [2.24, 2.45) is 5.92 Å². The smallest absolute Gasteiger partial charge is 0.170 e. The van der Waals surface area contributed by atoms with Crippen molar-refractivity contribution in [2.75, 3.05) is 7.11 Å². The molecule has 0 spiro atoms. The van der Waals surface area contributed by atoms with E-state index in [1.54, 1.807) is 13.8 Å². The maximum atomic E-state index is 12.5. The molecule has 0 amide bonds. The van der Waals surface area contributed by atoms with Crippen molar-refractivity contribution >= 4 is 11.6 Å². The molecule has 2 unspecified atom stereocenters. The van der Waals surface area contributed by atoms with Gasteiger partial charge in [-0.2, -0.15) is 0 Å². The number of phenolic OH excluding ortho intramolecular Hbond substituents is 2. The summed E-state index contributed by atoms with van der Waals surface area (Å²) in [6.45, 7) is 5.06. The standard InChI is InChI=1S/C23H30O8/c1-5-7-14(24)18-16(26)10-17(31-4)12(22(18)29)9-13-20(27)11(3)21(28)19(23(13)30)15(25)8-6-2/h10-11,23,26-30H,5-9H2,1-4H3. The molecule has 8 nitrogen and oxygen atoms in total. The van der Waals surface area contributed by atoms with Crippen LogP contribution in [-0.2, 0) is 11.2 Å². The highest BCUT2D eigenvalue weighted by molar-refractivity contribution is 6.02. The van der Waals surface area contributed by atoms with Gasteiger partial charge < -0.3 is 30.3 Å². The Hall–Kier alpha value is -3.00. The average molecular weight is 434 g/mol. The molecule has 5 N–H and O–H groups in total. The number of rotatable bonds is 9. The van der Waals surface area contributed by atoms with Crippen LogP contribution in [-0.4, -0.2) is 50.3 Å². The number of carbonyl (C=O) groups excluding carboxylic acids is 2. The van der Waals surface area contributed by atoms with Crippen LogP contribution >= 0.6 is 0 Å². The molecule has 0 aromatic heterocycles. The van der Waals surface area contributed by atoms with Gasteiger partial charge in [0.1, 0.15) is 40.4 Å². The Morgan fingerprint density at radius 3 is 2.13 bits per heavy atom. The largest absolute Gasteiger partial charge is 0.511 e. The minimum atomic E-state index is -1.59. The predicted molar refractivity (Wildman–Crippen MR) is 114 cm³/mol. The van der Waals surface area contributed by atoms with Crippen molar-refractivity contribution in [1.29, 1.82) is 0 Å². The van der Waals surface area contributed by atoms with Crippen LogP contribution in [0.2, 0.25) is 0 Å². The fraction of sp³-hybridized carbons (Fsp3) is 0.478. The van der Waals surface area contributed by atoms with Gasteiger partial charge >= 0.3 is 0 Å². The number of aliphatic hydroxyl groups excluding tert-OH is 3. The molecule has 1 aliphatic carbocycles. The molecule has 2 rings (SSSR count). The Morgan fingerprint density at radius 2 is 1.58 bits per heavy atom. The normalized spacial score (nSPS) is 19.0. The van der Waals surface area contributed by atoms with E-state index in [4.69, 9.17) is 4.74 Å². The number of aliphatic hydroxyl groups is 3. The second kappa shape index (κ2) is 9.87. The zero-order chi connectivity index (χ0) is 23.5. The SMILES string of the molecule is CCCC(=O)C1=C(O)C(C)C(O)=C(Cc2c(OC)cc(O)c(C(=O)CCC)c2O)C1O. The van der Waals surface area contributed by atoms with Gasteiger partial charge in [0.15, 0.2) is 11.6 Å². The molecule has 2 atom stereocenters. The molecular weight excluding hydrogens is 404 g/mol. The van der Waals surface area contributed by atoms with Crippen LogP contribution in [0.25, 0.3) is 0 Å². The van der Waals surface area contributed by atoms with Crippen LogP contribution in [0, 0.1) is 5.92 Å². The lowest BCUT2D eigenvalue weighted by molar-refractivity contribution is -0.116. The molecule has 0 radical (unpaired) electrons. The first kappa shape index (κ1) is 24.3. The molecule has 0 aliphatic heterocycles.